The van der Waals surface area contributed by atoms with E-state index < -0.39 is 0 Å². The van der Waals surface area contributed by atoms with Crippen LogP contribution in [0.5, 0.6) is 5.75 Å². The van der Waals surface area contributed by atoms with E-state index in [0.717, 1.165) is 38.2 Å². The van der Waals surface area contributed by atoms with Crippen LogP contribution in [-0.4, -0.2) is 20.3 Å². The van der Waals surface area contributed by atoms with Crippen LogP contribution in [0.25, 0.3) is 0 Å². The van der Waals surface area contributed by atoms with E-state index in [1.807, 2.05) is 12.1 Å². The van der Waals surface area contributed by atoms with Crippen molar-refractivity contribution in [2.75, 3.05) is 20.3 Å². The van der Waals surface area contributed by atoms with Crippen molar-refractivity contribution in [1.82, 2.24) is 0 Å². The second-order valence-corrected chi connectivity index (χ2v) is 4.60. The number of methoxy groups -OCH3 is 1. The van der Waals surface area contributed by atoms with Gasteiger partial charge in [-0.1, -0.05) is 0 Å². The van der Waals surface area contributed by atoms with Crippen molar-refractivity contribution in [3.8, 4) is 5.75 Å². The van der Waals surface area contributed by atoms with Gasteiger partial charge in [0.25, 0.3) is 0 Å². The van der Waals surface area contributed by atoms with Crippen LogP contribution in [0.1, 0.15) is 19.3 Å². The predicted octanol–water partition coefficient (Wildman–Crippen LogP) is 3.49. The Morgan fingerprint density at radius 1 is 1.00 bits per heavy atom. The summed E-state index contributed by atoms with van der Waals surface area (Å²) in [5, 5.41) is 0. The molecule has 0 aliphatic rings. The van der Waals surface area contributed by atoms with Gasteiger partial charge >= 0.3 is 0 Å². The van der Waals surface area contributed by atoms with Crippen LogP contribution in [0.4, 0.5) is 0 Å². The van der Waals surface area contributed by atoms with Crippen LogP contribution in [-0.2, 0) is 4.74 Å². The summed E-state index contributed by atoms with van der Waals surface area (Å²) in [6.45, 7) is 1.65. The molecule has 0 unspecified atom stereocenters. The highest BCUT2D eigenvalue weighted by atomic mass is 127. The predicted molar refractivity (Wildman–Crippen MR) is 70.4 cm³/mol. The fourth-order valence-corrected chi connectivity index (χ4v) is 1.61. The first-order valence-corrected chi connectivity index (χ1v) is 6.28. The molecule has 0 fully saturated rings. The number of ether oxygens (including phenoxy) is 2. The number of hydrogen-bond acceptors (Lipinski definition) is 2. The Labute approximate surface area is 105 Å². The molecular formula is C12H17IO2. The third kappa shape index (κ3) is 5.99. The van der Waals surface area contributed by atoms with Crippen molar-refractivity contribution in [3.05, 3.63) is 27.8 Å². The van der Waals surface area contributed by atoms with Gasteiger partial charge in [0, 0.05) is 17.3 Å². The molecule has 0 saturated heterocycles. The summed E-state index contributed by atoms with van der Waals surface area (Å²) in [7, 11) is 1.74. The van der Waals surface area contributed by atoms with Crippen LogP contribution in [0, 0.1) is 3.57 Å². The van der Waals surface area contributed by atoms with Gasteiger partial charge in [0.2, 0.25) is 0 Å². The number of rotatable bonds is 7. The molecule has 0 spiro atoms. The van der Waals surface area contributed by atoms with Gasteiger partial charge in [-0.3, -0.25) is 0 Å². The van der Waals surface area contributed by atoms with Crippen molar-refractivity contribution >= 4 is 22.6 Å². The second kappa shape index (κ2) is 7.93. The fourth-order valence-electron chi connectivity index (χ4n) is 1.25. The molecule has 0 aromatic heterocycles. The lowest BCUT2D eigenvalue weighted by molar-refractivity contribution is 0.189. The summed E-state index contributed by atoms with van der Waals surface area (Å²) in [4.78, 5) is 0. The number of benzene rings is 1. The number of hydrogen-bond donors (Lipinski definition) is 0. The molecule has 0 amide bonds. The minimum absolute atomic E-state index is 0.796. The molecule has 1 aromatic rings. The molecule has 84 valence electrons. The molecule has 0 heterocycles. The molecule has 0 radical (unpaired) electrons. The van der Waals surface area contributed by atoms with E-state index in [1.54, 1.807) is 7.11 Å². The summed E-state index contributed by atoms with van der Waals surface area (Å²) in [5.74, 6) is 0.960. The van der Waals surface area contributed by atoms with Crippen LogP contribution < -0.4 is 4.74 Å². The Bertz CT molecular complexity index is 259. The fraction of sp³-hybridized carbons (Fsp3) is 0.500. The normalized spacial score (nSPS) is 10.3. The average molecular weight is 320 g/mol. The van der Waals surface area contributed by atoms with Crippen LogP contribution in [0.15, 0.2) is 24.3 Å². The van der Waals surface area contributed by atoms with Gasteiger partial charge in [0.15, 0.2) is 0 Å². The molecule has 3 heteroatoms. The zero-order valence-corrected chi connectivity index (χ0v) is 11.2. The SMILES string of the molecule is COCCCCCOc1ccc(I)cc1. The molecule has 0 atom stereocenters. The van der Waals surface area contributed by atoms with Gasteiger partial charge in [-0.05, 0) is 66.1 Å². The van der Waals surface area contributed by atoms with E-state index in [9.17, 15) is 0 Å². The molecule has 0 N–H and O–H groups in total. The van der Waals surface area contributed by atoms with Crippen molar-refractivity contribution in [3.63, 3.8) is 0 Å². The van der Waals surface area contributed by atoms with Gasteiger partial charge in [0.1, 0.15) is 5.75 Å². The zero-order valence-electron chi connectivity index (χ0n) is 9.04. The summed E-state index contributed by atoms with van der Waals surface area (Å²) >= 11 is 2.29. The van der Waals surface area contributed by atoms with Crippen molar-refractivity contribution in [1.29, 1.82) is 0 Å². The summed E-state index contributed by atoms with van der Waals surface area (Å²) < 4.78 is 11.8. The summed E-state index contributed by atoms with van der Waals surface area (Å²) in [6.07, 6.45) is 3.38. The Balaban J connectivity index is 2.07. The lowest BCUT2D eigenvalue weighted by atomic mass is 10.2. The van der Waals surface area contributed by atoms with E-state index in [0.29, 0.717) is 0 Å². The minimum Gasteiger partial charge on any atom is -0.494 e. The molecule has 0 aliphatic heterocycles. The first kappa shape index (κ1) is 12.8. The van der Waals surface area contributed by atoms with Crippen LogP contribution in [0.3, 0.4) is 0 Å². The first-order valence-electron chi connectivity index (χ1n) is 5.20. The summed E-state index contributed by atoms with van der Waals surface area (Å²) in [5.41, 5.74) is 0. The molecule has 1 rings (SSSR count). The molecule has 2 nitrogen and oxygen atoms in total. The highest BCUT2D eigenvalue weighted by Crippen LogP contribution is 2.13. The maximum Gasteiger partial charge on any atom is 0.119 e. The van der Waals surface area contributed by atoms with E-state index in [2.05, 4.69) is 34.7 Å². The van der Waals surface area contributed by atoms with Crippen molar-refractivity contribution in [2.45, 2.75) is 19.3 Å². The van der Waals surface area contributed by atoms with Crippen LogP contribution in [0.2, 0.25) is 0 Å². The lowest BCUT2D eigenvalue weighted by Gasteiger charge is -2.05. The standard InChI is InChI=1S/C12H17IO2/c1-14-9-3-2-4-10-15-12-7-5-11(13)6-8-12/h5-8H,2-4,9-10H2,1H3. The smallest absolute Gasteiger partial charge is 0.119 e. The molecular weight excluding hydrogens is 303 g/mol. The monoisotopic (exact) mass is 320 g/mol. The maximum absolute atomic E-state index is 5.60. The van der Waals surface area contributed by atoms with E-state index in [1.165, 1.54) is 3.57 Å². The van der Waals surface area contributed by atoms with Gasteiger partial charge in [-0.25, -0.2) is 0 Å². The third-order valence-corrected chi connectivity index (χ3v) is 2.79. The zero-order chi connectivity index (χ0) is 10.9. The van der Waals surface area contributed by atoms with Gasteiger partial charge in [-0.2, -0.15) is 0 Å². The van der Waals surface area contributed by atoms with E-state index >= 15 is 0 Å². The lowest BCUT2D eigenvalue weighted by Crippen LogP contribution is -1.98. The molecule has 15 heavy (non-hydrogen) atoms. The van der Waals surface area contributed by atoms with Gasteiger partial charge in [0.05, 0.1) is 6.61 Å². The van der Waals surface area contributed by atoms with Crippen molar-refractivity contribution in [2.24, 2.45) is 0 Å². The number of unbranched alkanes of at least 4 members (excludes halogenated alkanes) is 2. The highest BCUT2D eigenvalue weighted by Gasteiger charge is 1.93. The molecule has 0 bridgehead atoms. The molecule has 0 aliphatic carbocycles. The molecule has 0 saturated carbocycles. The maximum atomic E-state index is 5.60. The van der Waals surface area contributed by atoms with E-state index in [4.69, 9.17) is 9.47 Å². The Hall–Kier alpha value is -0.290. The van der Waals surface area contributed by atoms with Crippen molar-refractivity contribution < 1.29 is 9.47 Å². The summed E-state index contributed by atoms with van der Waals surface area (Å²) in [6, 6.07) is 8.13. The van der Waals surface area contributed by atoms with Gasteiger partial charge < -0.3 is 9.47 Å². The van der Waals surface area contributed by atoms with E-state index in [-0.39, 0.29) is 0 Å². The largest absolute Gasteiger partial charge is 0.494 e. The number of halogens is 1. The minimum atomic E-state index is 0.796. The topological polar surface area (TPSA) is 18.5 Å². The first-order chi connectivity index (χ1) is 7.33. The van der Waals surface area contributed by atoms with Gasteiger partial charge in [-0.15, -0.1) is 0 Å². The van der Waals surface area contributed by atoms with Crippen LogP contribution >= 0.6 is 22.6 Å². The highest BCUT2D eigenvalue weighted by molar-refractivity contribution is 14.1. The quantitative estimate of drug-likeness (QED) is 0.566. The average Bonchev–Trinajstić information content (AvgIpc) is 2.26. The Kier molecular flexibility index (Phi) is 6.76. The second-order valence-electron chi connectivity index (χ2n) is 3.36. The Morgan fingerprint density at radius 3 is 2.33 bits per heavy atom. The molecule has 1 aromatic carbocycles. The third-order valence-electron chi connectivity index (χ3n) is 2.08. The Morgan fingerprint density at radius 2 is 1.67 bits per heavy atom.